The summed E-state index contributed by atoms with van der Waals surface area (Å²) in [5.74, 6) is -0.578. The monoisotopic (exact) mass is 372 g/mol. The molecular weight excluding hydrogens is 356 g/mol. The average molecular weight is 372 g/mol. The van der Waals surface area contributed by atoms with Gasteiger partial charge in [-0.1, -0.05) is 12.1 Å². The Kier molecular flexibility index (Phi) is 4.31. The molecule has 0 heterocycles. The molecule has 0 aliphatic carbocycles. The fraction of sp³-hybridized carbons (Fsp3) is 0.0556. The number of hydrogen-bond donors (Lipinski definition) is 4. The van der Waals surface area contributed by atoms with E-state index in [1.807, 2.05) is 6.92 Å². The van der Waals surface area contributed by atoms with E-state index >= 15 is 0 Å². The molecular formula is C18H16N2O5S. The predicted molar refractivity (Wildman–Crippen MR) is 99.0 cm³/mol. The Morgan fingerprint density at radius 3 is 2.42 bits per heavy atom. The van der Waals surface area contributed by atoms with E-state index in [9.17, 15) is 18.3 Å². The van der Waals surface area contributed by atoms with Crippen LogP contribution in [0.3, 0.4) is 0 Å². The molecule has 0 fully saturated rings. The van der Waals surface area contributed by atoms with Crippen LogP contribution in [-0.2, 0) is 10.1 Å². The quantitative estimate of drug-likeness (QED) is 0.318. The van der Waals surface area contributed by atoms with Gasteiger partial charge in [0.25, 0.3) is 16.0 Å². The van der Waals surface area contributed by atoms with Crippen molar-refractivity contribution < 1.29 is 22.9 Å². The van der Waals surface area contributed by atoms with Crippen LogP contribution in [0.5, 0.6) is 5.75 Å². The number of carbonyl (C=O) groups is 1. The number of nitrogen functional groups attached to an aromatic ring is 1. The van der Waals surface area contributed by atoms with E-state index in [4.69, 9.17) is 10.3 Å². The number of fused-ring (bicyclic) bond motifs is 1. The molecule has 1 amide bonds. The van der Waals surface area contributed by atoms with Crippen molar-refractivity contribution in [2.24, 2.45) is 0 Å². The first-order valence-electron chi connectivity index (χ1n) is 7.57. The molecule has 8 heteroatoms. The number of amides is 1. The Balaban J connectivity index is 2.04. The Labute approximate surface area is 149 Å². The summed E-state index contributed by atoms with van der Waals surface area (Å²) in [6.45, 7) is 1.83. The zero-order chi connectivity index (χ0) is 19.1. The summed E-state index contributed by atoms with van der Waals surface area (Å²) in [5.41, 5.74) is 7.92. The highest BCUT2D eigenvalue weighted by atomic mass is 32.2. The molecule has 3 aromatic carbocycles. The molecule has 0 aromatic heterocycles. The lowest BCUT2D eigenvalue weighted by atomic mass is 10.1. The van der Waals surface area contributed by atoms with E-state index in [0.717, 1.165) is 11.6 Å². The molecule has 0 unspecified atom stereocenters. The zero-order valence-electron chi connectivity index (χ0n) is 13.7. The van der Waals surface area contributed by atoms with Gasteiger partial charge in [-0.05, 0) is 48.9 Å². The SMILES string of the molecule is Cc1ccc(C(=O)Nc2ccc(O)c3cc(S(=O)(=O)O)ccc23)cc1N. The number of nitrogens with one attached hydrogen (secondary N) is 1. The second-order valence-corrected chi connectivity index (χ2v) is 7.26. The summed E-state index contributed by atoms with van der Waals surface area (Å²) >= 11 is 0. The Morgan fingerprint density at radius 1 is 1.04 bits per heavy atom. The Morgan fingerprint density at radius 2 is 1.77 bits per heavy atom. The number of benzene rings is 3. The van der Waals surface area contributed by atoms with Crippen LogP contribution in [0, 0.1) is 6.92 Å². The van der Waals surface area contributed by atoms with E-state index in [1.165, 1.54) is 24.3 Å². The van der Waals surface area contributed by atoms with Gasteiger partial charge in [0.1, 0.15) is 5.75 Å². The van der Waals surface area contributed by atoms with Gasteiger partial charge in [-0.2, -0.15) is 8.42 Å². The van der Waals surface area contributed by atoms with Crippen molar-refractivity contribution in [1.29, 1.82) is 0 Å². The molecule has 0 saturated carbocycles. The second-order valence-electron chi connectivity index (χ2n) is 5.84. The molecule has 3 aromatic rings. The van der Waals surface area contributed by atoms with E-state index in [-0.39, 0.29) is 16.0 Å². The smallest absolute Gasteiger partial charge is 0.294 e. The van der Waals surface area contributed by atoms with E-state index in [2.05, 4.69) is 5.32 Å². The fourth-order valence-electron chi connectivity index (χ4n) is 2.56. The number of aromatic hydroxyl groups is 1. The standard InChI is InChI=1S/C18H16N2O5S/c1-10-2-3-11(8-15(10)19)18(22)20-16-6-7-17(21)14-9-12(26(23,24)25)4-5-13(14)16/h2-9,21H,19H2,1H3,(H,20,22)(H,23,24,25). The van der Waals surface area contributed by atoms with Crippen LogP contribution in [0.25, 0.3) is 10.8 Å². The van der Waals surface area contributed by atoms with Crippen LogP contribution < -0.4 is 11.1 Å². The van der Waals surface area contributed by atoms with Crippen molar-refractivity contribution >= 4 is 38.2 Å². The summed E-state index contributed by atoms with van der Waals surface area (Å²) < 4.78 is 31.7. The third-order valence-electron chi connectivity index (χ3n) is 4.05. The lowest BCUT2D eigenvalue weighted by Gasteiger charge is -2.11. The fourth-order valence-corrected chi connectivity index (χ4v) is 3.06. The van der Waals surface area contributed by atoms with Crippen LogP contribution in [0.4, 0.5) is 11.4 Å². The van der Waals surface area contributed by atoms with E-state index in [1.54, 1.807) is 18.2 Å². The molecule has 0 atom stereocenters. The predicted octanol–water partition coefficient (Wildman–Crippen LogP) is 2.94. The largest absolute Gasteiger partial charge is 0.507 e. The van der Waals surface area contributed by atoms with Crippen molar-refractivity contribution in [1.82, 2.24) is 0 Å². The number of aryl methyl sites for hydroxylation is 1. The van der Waals surface area contributed by atoms with Crippen molar-refractivity contribution in [2.75, 3.05) is 11.1 Å². The summed E-state index contributed by atoms with van der Waals surface area (Å²) in [6, 6.07) is 11.5. The number of hydrogen-bond acceptors (Lipinski definition) is 5. The highest BCUT2D eigenvalue weighted by Crippen LogP contribution is 2.33. The molecule has 0 bridgehead atoms. The molecule has 0 aliphatic heterocycles. The van der Waals surface area contributed by atoms with E-state index in [0.29, 0.717) is 22.3 Å². The van der Waals surface area contributed by atoms with Crippen molar-refractivity contribution in [3.8, 4) is 5.75 Å². The lowest BCUT2D eigenvalue weighted by Crippen LogP contribution is -2.12. The molecule has 7 nitrogen and oxygen atoms in total. The minimum atomic E-state index is -4.41. The third kappa shape index (κ3) is 3.32. The maximum absolute atomic E-state index is 12.5. The topological polar surface area (TPSA) is 130 Å². The first kappa shape index (κ1) is 17.7. The van der Waals surface area contributed by atoms with Crippen LogP contribution in [0.15, 0.2) is 53.4 Å². The van der Waals surface area contributed by atoms with Gasteiger partial charge in [-0.3, -0.25) is 9.35 Å². The van der Waals surface area contributed by atoms with Gasteiger partial charge in [-0.25, -0.2) is 0 Å². The third-order valence-corrected chi connectivity index (χ3v) is 4.90. The number of nitrogens with two attached hydrogens (primary N) is 1. The summed E-state index contributed by atoms with van der Waals surface area (Å²) in [4.78, 5) is 12.1. The van der Waals surface area contributed by atoms with Crippen molar-refractivity contribution in [3.05, 3.63) is 59.7 Å². The highest BCUT2D eigenvalue weighted by molar-refractivity contribution is 7.85. The second kappa shape index (κ2) is 6.32. The van der Waals surface area contributed by atoms with Gasteiger partial charge in [0.05, 0.1) is 4.90 Å². The maximum Gasteiger partial charge on any atom is 0.294 e. The maximum atomic E-state index is 12.5. The van der Waals surface area contributed by atoms with Gasteiger partial charge in [-0.15, -0.1) is 0 Å². The molecule has 3 rings (SSSR count). The van der Waals surface area contributed by atoms with Crippen LogP contribution in [0.2, 0.25) is 0 Å². The zero-order valence-corrected chi connectivity index (χ0v) is 14.5. The number of phenols is 1. The van der Waals surface area contributed by atoms with Gasteiger partial charge < -0.3 is 16.2 Å². The number of anilines is 2. The minimum absolute atomic E-state index is 0.178. The van der Waals surface area contributed by atoms with Crippen molar-refractivity contribution in [2.45, 2.75) is 11.8 Å². The molecule has 26 heavy (non-hydrogen) atoms. The van der Waals surface area contributed by atoms with Gasteiger partial charge in [0.2, 0.25) is 0 Å². The number of phenolic OH excluding ortho intramolecular Hbond substituents is 1. The van der Waals surface area contributed by atoms with Gasteiger partial charge in [0.15, 0.2) is 0 Å². The van der Waals surface area contributed by atoms with Gasteiger partial charge >= 0.3 is 0 Å². The first-order valence-corrected chi connectivity index (χ1v) is 9.01. The van der Waals surface area contributed by atoms with Crippen molar-refractivity contribution in [3.63, 3.8) is 0 Å². The molecule has 0 aliphatic rings. The Bertz CT molecular complexity index is 1140. The Hall–Kier alpha value is -3.10. The normalized spacial score (nSPS) is 11.5. The molecule has 0 saturated heterocycles. The van der Waals surface area contributed by atoms with Gasteiger partial charge in [0, 0.05) is 27.7 Å². The highest BCUT2D eigenvalue weighted by Gasteiger charge is 2.15. The molecule has 0 radical (unpaired) electrons. The molecule has 134 valence electrons. The number of carbonyl (C=O) groups excluding carboxylic acids is 1. The molecule has 0 spiro atoms. The molecule has 5 N–H and O–H groups in total. The summed E-state index contributed by atoms with van der Waals surface area (Å²) in [6.07, 6.45) is 0. The van der Waals surface area contributed by atoms with Crippen LogP contribution in [-0.4, -0.2) is 24.0 Å². The lowest BCUT2D eigenvalue weighted by molar-refractivity contribution is 0.102. The van der Waals surface area contributed by atoms with Crippen LogP contribution in [0.1, 0.15) is 15.9 Å². The van der Waals surface area contributed by atoms with E-state index < -0.39 is 16.0 Å². The summed E-state index contributed by atoms with van der Waals surface area (Å²) in [7, 11) is -4.41. The first-order chi connectivity index (χ1) is 12.2. The number of rotatable bonds is 3. The minimum Gasteiger partial charge on any atom is -0.507 e. The van der Waals surface area contributed by atoms with Crippen LogP contribution >= 0.6 is 0 Å². The average Bonchev–Trinajstić information content (AvgIpc) is 2.58. The summed E-state index contributed by atoms with van der Waals surface area (Å²) in [5, 5.41) is 13.3.